The number of amides is 2. The lowest BCUT2D eigenvalue weighted by Crippen LogP contribution is -2.32. The molecule has 0 aliphatic carbocycles. The molecule has 0 spiro atoms. The van der Waals surface area contributed by atoms with Crippen molar-refractivity contribution in [3.8, 4) is 11.5 Å². The zero-order valence-electron chi connectivity index (χ0n) is 22.1. The molecule has 1 unspecified atom stereocenters. The first kappa shape index (κ1) is 29.3. The molecule has 0 saturated heterocycles. The Kier molecular flexibility index (Phi) is 10.4. The van der Waals surface area contributed by atoms with Crippen LogP contribution in [0.5, 0.6) is 11.5 Å². The van der Waals surface area contributed by atoms with Crippen LogP contribution < -0.4 is 25.0 Å². The van der Waals surface area contributed by atoms with E-state index in [1.165, 1.54) is 6.07 Å². The van der Waals surface area contributed by atoms with Gasteiger partial charge in [-0.25, -0.2) is 0 Å². The zero-order valence-corrected chi connectivity index (χ0v) is 22.1. The zero-order chi connectivity index (χ0) is 27.7. The lowest BCUT2D eigenvalue weighted by atomic mass is 9.98. The van der Waals surface area contributed by atoms with Crippen LogP contribution in [0.15, 0.2) is 36.4 Å². The van der Waals surface area contributed by atoms with E-state index in [0.717, 1.165) is 29.7 Å². The number of hydrogen-bond donors (Lipinski definition) is 2. The molecule has 1 heterocycles. The summed E-state index contributed by atoms with van der Waals surface area (Å²) >= 11 is 0. The molecule has 0 saturated carbocycles. The summed E-state index contributed by atoms with van der Waals surface area (Å²) in [5.41, 5.74) is 3.21. The van der Waals surface area contributed by atoms with Crippen molar-refractivity contribution >= 4 is 17.5 Å². The van der Waals surface area contributed by atoms with E-state index in [1.807, 2.05) is 19.9 Å². The van der Waals surface area contributed by atoms with Gasteiger partial charge in [0.15, 0.2) is 18.1 Å². The smallest absolute Gasteiger partial charge is 0.422 e. The van der Waals surface area contributed by atoms with Crippen LogP contribution in [0, 0.1) is 0 Å². The number of nitrogens with one attached hydrogen (secondary N) is 2. The minimum absolute atomic E-state index is 0.0367. The largest absolute Gasteiger partial charge is 0.488 e. The number of benzene rings is 2. The molecule has 38 heavy (non-hydrogen) atoms. The molecule has 7 nitrogen and oxygen atoms in total. The van der Waals surface area contributed by atoms with Crippen LogP contribution in [0.2, 0.25) is 0 Å². The molecule has 208 valence electrons. The van der Waals surface area contributed by atoms with Gasteiger partial charge in [0.05, 0.1) is 11.3 Å². The molecule has 10 heteroatoms. The Labute approximate surface area is 221 Å². The van der Waals surface area contributed by atoms with Gasteiger partial charge in [0, 0.05) is 32.6 Å². The maximum absolute atomic E-state index is 12.8. The van der Waals surface area contributed by atoms with Gasteiger partial charge in [0.1, 0.15) is 6.61 Å². The molecule has 0 bridgehead atoms. The van der Waals surface area contributed by atoms with Crippen LogP contribution >= 0.6 is 0 Å². The van der Waals surface area contributed by atoms with Crippen molar-refractivity contribution in [3.05, 3.63) is 53.1 Å². The molecule has 0 radical (unpaired) electrons. The van der Waals surface area contributed by atoms with Gasteiger partial charge in [-0.2, -0.15) is 13.2 Å². The van der Waals surface area contributed by atoms with Gasteiger partial charge in [-0.05, 0) is 55.5 Å². The average molecular weight is 536 g/mol. The van der Waals surface area contributed by atoms with E-state index in [-0.39, 0.29) is 36.0 Å². The van der Waals surface area contributed by atoms with Crippen LogP contribution in [0.25, 0.3) is 0 Å². The summed E-state index contributed by atoms with van der Waals surface area (Å²) in [5.74, 6) is 0.112. The SMILES string of the molecule is CCCCC(=O)N1CCc2cc(CC(C)NCCOc3ccccc3OCC(F)(F)F)cc(C(=O)NC)c21. The van der Waals surface area contributed by atoms with E-state index in [1.54, 1.807) is 30.1 Å². The van der Waals surface area contributed by atoms with E-state index in [0.29, 0.717) is 37.9 Å². The molecule has 1 atom stereocenters. The van der Waals surface area contributed by atoms with Gasteiger partial charge in [-0.1, -0.05) is 31.5 Å². The first-order valence-corrected chi connectivity index (χ1v) is 13.0. The second kappa shape index (κ2) is 13.5. The number of carbonyl (C=O) groups excluding carboxylic acids is 2. The van der Waals surface area contributed by atoms with Crippen LogP contribution in [0.4, 0.5) is 18.9 Å². The van der Waals surface area contributed by atoms with Crippen molar-refractivity contribution in [2.45, 2.75) is 58.2 Å². The minimum atomic E-state index is -4.43. The third-order valence-electron chi connectivity index (χ3n) is 6.28. The lowest BCUT2D eigenvalue weighted by Gasteiger charge is -2.21. The number of unbranched alkanes of at least 4 members (excludes halogenated alkanes) is 1. The van der Waals surface area contributed by atoms with E-state index >= 15 is 0 Å². The molecule has 0 fully saturated rings. The van der Waals surface area contributed by atoms with Gasteiger partial charge in [0.2, 0.25) is 5.91 Å². The van der Waals surface area contributed by atoms with Crippen molar-refractivity contribution in [2.24, 2.45) is 0 Å². The van der Waals surface area contributed by atoms with Crippen molar-refractivity contribution in [2.75, 3.05) is 38.3 Å². The quantitative estimate of drug-likeness (QED) is 0.365. The lowest BCUT2D eigenvalue weighted by molar-refractivity contribution is -0.153. The molecule has 3 rings (SSSR count). The molecule has 2 amide bonds. The summed E-state index contributed by atoms with van der Waals surface area (Å²) in [5, 5.41) is 6.04. The molecule has 2 N–H and O–H groups in total. The summed E-state index contributed by atoms with van der Waals surface area (Å²) in [6.45, 7) is 3.94. The predicted molar refractivity (Wildman–Crippen MR) is 140 cm³/mol. The molecule has 2 aromatic carbocycles. The number of halogens is 3. The van der Waals surface area contributed by atoms with Crippen LogP contribution in [0.1, 0.15) is 54.6 Å². The van der Waals surface area contributed by atoms with E-state index in [9.17, 15) is 22.8 Å². The summed E-state index contributed by atoms with van der Waals surface area (Å²) in [7, 11) is 1.58. The molecular weight excluding hydrogens is 499 g/mol. The number of alkyl halides is 3. The number of para-hydroxylation sites is 2. The maximum Gasteiger partial charge on any atom is 0.422 e. The fraction of sp³-hybridized carbons (Fsp3) is 0.500. The summed E-state index contributed by atoms with van der Waals surface area (Å²) in [6.07, 6.45) is -0.864. The molecule has 2 aromatic rings. The standard InChI is InChI=1S/C28H36F3N3O4/c1-4-5-10-25(35)34-13-11-21-16-20(17-22(26(21)34)27(36)32-3)15-19(2)33-12-14-37-23-8-6-7-9-24(23)38-18-28(29,30)31/h6-9,16-17,19,33H,4-5,10-15,18H2,1-3H3,(H,32,36). The van der Waals surface area contributed by atoms with Crippen molar-refractivity contribution < 1.29 is 32.2 Å². The Morgan fingerprint density at radius 3 is 2.50 bits per heavy atom. The number of rotatable bonds is 13. The Bertz CT molecular complexity index is 1110. The van der Waals surface area contributed by atoms with Crippen molar-refractivity contribution in [1.82, 2.24) is 10.6 Å². The number of anilines is 1. The Morgan fingerprint density at radius 2 is 1.84 bits per heavy atom. The highest BCUT2D eigenvalue weighted by molar-refractivity contribution is 6.06. The van der Waals surface area contributed by atoms with Crippen LogP contribution in [-0.2, 0) is 17.6 Å². The minimum Gasteiger partial charge on any atom is -0.488 e. The summed E-state index contributed by atoms with van der Waals surface area (Å²) in [6, 6.07) is 10.2. The maximum atomic E-state index is 12.8. The number of nitrogens with zero attached hydrogens (tertiary/aromatic N) is 1. The van der Waals surface area contributed by atoms with Gasteiger partial charge in [0.25, 0.3) is 5.91 Å². The highest BCUT2D eigenvalue weighted by Crippen LogP contribution is 2.34. The Hall–Kier alpha value is -3.27. The van der Waals surface area contributed by atoms with E-state index in [2.05, 4.69) is 16.7 Å². The third kappa shape index (κ3) is 8.11. The normalized spacial score (nSPS) is 13.7. The molecule has 1 aliphatic rings. The van der Waals surface area contributed by atoms with Gasteiger partial charge in [-0.15, -0.1) is 0 Å². The third-order valence-corrected chi connectivity index (χ3v) is 6.28. The van der Waals surface area contributed by atoms with Gasteiger partial charge < -0.3 is 25.0 Å². The highest BCUT2D eigenvalue weighted by atomic mass is 19.4. The number of fused-ring (bicyclic) bond motifs is 1. The first-order valence-electron chi connectivity index (χ1n) is 13.0. The summed E-state index contributed by atoms with van der Waals surface area (Å²) in [4.78, 5) is 27.2. The first-order chi connectivity index (χ1) is 18.1. The molecule has 0 aromatic heterocycles. The van der Waals surface area contributed by atoms with Gasteiger partial charge >= 0.3 is 6.18 Å². The second-order valence-corrected chi connectivity index (χ2v) is 9.39. The highest BCUT2D eigenvalue weighted by Gasteiger charge is 2.30. The Morgan fingerprint density at radius 1 is 1.13 bits per heavy atom. The molecule has 1 aliphatic heterocycles. The fourth-order valence-electron chi connectivity index (χ4n) is 4.49. The van der Waals surface area contributed by atoms with Crippen LogP contribution in [-0.4, -0.2) is 57.4 Å². The number of carbonyl (C=O) groups is 2. The topological polar surface area (TPSA) is 79.9 Å². The Balaban J connectivity index is 1.59. The number of hydrogen-bond acceptors (Lipinski definition) is 5. The van der Waals surface area contributed by atoms with Crippen molar-refractivity contribution in [1.29, 1.82) is 0 Å². The van der Waals surface area contributed by atoms with Gasteiger partial charge in [-0.3, -0.25) is 9.59 Å². The summed E-state index contributed by atoms with van der Waals surface area (Å²) < 4.78 is 48.0. The fourth-order valence-corrected chi connectivity index (χ4v) is 4.49. The van der Waals surface area contributed by atoms with E-state index in [4.69, 9.17) is 9.47 Å². The van der Waals surface area contributed by atoms with E-state index < -0.39 is 12.8 Å². The van der Waals surface area contributed by atoms with Crippen molar-refractivity contribution in [3.63, 3.8) is 0 Å². The monoisotopic (exact) mass is 535 g/mol. The average Bonchev–Trinajstić information content (AvgIpc) is 3.31. The van der Waals surface area contributed by atoms with Crippen LogP contribution in [0.3, 0.4) is 0 Å². The second-order valence-electron chi connectivity index (χ2n) is 9.39. The number of ether oxygens (including phenoxy) is 2. The molecular formula is C28H36F3N3O4. The predicted octanol–water partition coefficient (Wildman–Crippen LogP) is 4.67.